The second-order valence-electron chi connectivity index (χ2n) is 6.57. The predicted molar refractivity (Wildman–Crippen MR) is 91.5 cm³/mol. The van der Waals surface area contributed by atoms with Crippen LogP contribution in [-0.4, -0.2) is 23.7 Å². The van der Waals surface area contributed by atoms with Crippen LogP contribution >= 0.6 is 0 Å². The fraction of sp³-hybridized carbons (Fsp3) is 0.600. The van der Waals surface area contributed by atoms with E-state index in [2.05, 4.69) is 51.9 Å². The minimum atomic E-state index is -1.69. The van der Waals surface area contributed by atoms with Crippen molar-refractivity contribution < 1.29 is 13.6 Å². The zero-order valence-corrected chi connectivity index (χ0v) is 16.1. The number of allylic oxidation sites excluding steroid dienone is 3. The molecule has 0 unspecified atom stereocenters. The summed E-state index contributed by atoms with van der Waals surface area (Å²) < 4.78 is 17.3. The molecule has 0 saturated heterocycles. The van der Waals surface area contributed by atoms with Gasteiger partial charge in [-0.05, 0) is 58.2 Å². The Kier molecular flexibility index (Phi) is 7.97. The van der Waals surface area contributed by atoms with E-state index in [1.165, 1.54) is 0 Å². The highest BCUT2D eigenvalue weighted by Crippen LogP contribution is 2.18. The van der Waals surface area contributed by atoms with Gasteiger partial charge < -0.3 is 13.6 Å². The lowest BCUT2D eigenvalue weighted by molar-refractivity contribution is 0.145. The summed E-state index contributed by atoms with van der Waals surface area (Å²) in [5, 5.41) is 0. The average molecular weight is 315 g/mol. The van der Waals surface area contributed by atoms with Crippen LogP contribution in [0.2, 0.25) is 39.3 Å². The Hall–Kier alpha value is -0.946. The van der Waals surface area contributed by atoms with E-state index in [0.717, 1.165) is 18.6 Å². The highest BCUT2D eigenvalue weighted by Gasteiger charge is 2.20. The van der Waals surface area contributed by atoms with E-state index in [1.807, 2.05) is 12.2 Å². The van der Waals surface area contributed by atoms with Gasteiger partial charge in [0.2, 0.25) is 16.6 Å². The fourth-order valence-electron chi connectivity index (χ4n) is 1.38. The number of unbranched alkanes of at least 4 members (excludes halogenated alkanes) is 1. The van der Waals surface area contributed by atoms with Gasteiger partial charge in [-0.1, -0.05) is 6.08 Å². The molecule has 0 aliphatic heterocycles. The summed E-state index contributed by atoms with van der Waals surface area (Å²) in [5.41, 5.74) is 0. The standard InChI is InChI=1S/C15H30O3Si2/c1-9-10-11-12-14(17-19(3,4)5)13-15(16-2)18-20(6,7)8/h9,12-13H,1,10-11H2,2-8H3/b14-12-,15-13-. The van der Waals surface area contributed by atoms with Crippen molar-refractivity contribution in [1.82, 2.24) is 0 Å². The molecule has 0 aromatic heterocycles. The van der Waals surface area contributed by atoms with Crippen LogP contribution in [0.3, 0.4) is 0 Å². The molecule has 0 fully saturated rings. The van der Waals surface area contributed by atoms with Crippen LogP contribution in [0.4, 0.5) is 0 Å². The van der Waals surface area contributed by atoms with Gasteiger partial charge in [0.15, 0.2) is 0 Å². The first kappa shape index (κ1) is 19.1. The Morgan fingerprint density at radius 2 is 1.50 bits per heavy atom. The van der Waals surface area contributed by atoms with Crippen LogP contribution in [0.1, 0.15) is 12.8 Å². The highest BCUT2D eigenvalue weighted by atomic mass is 28.4. The Labute approximate surface area is 126 Å². The zero-order valence-electron chi connectivity index (χ0n) is 14.1. The molecule has 116 valence electrons. The molecule has 0 aromatic carbocycles. The van der Waals surface area contributed by atoms with Gasteiger partial charge >= 0.3 is 0 Å². The van der Waals surface area contributed by atoms with Gasteiger partial charge in [-0.2, -0.15) is 0 Å². The van der Waals surface area contributed by atoms with E-state index in [0.29, 0.717) is 5.95 Å². The molecule has 0 aromatic rings. The maximum absolute atomic E-state index is 6.08. The molecule has 20 heavy (non-hydrogen) atoms. The minimum absolute atomic E-state index is 0.535. The highest BCUT2D eigenvalue weighted by molar-refractivity contribution is 6.70. The molecule has 0 bridgehead atoms. The van der Waals surface area contributed by atoms with E-state index in [-0.39, 0.29) is 0 Å². The third-order valence-corrected chi connectivity index (χ3v) is 3.67. The third-order valence-electron chi connectivity index (χ3n) is 2.01. The lowest BCUT2D eigenvalue weighted by Crippen LogP contribution is -2.26. The summed E-state index contributed by atoms with van der Waals surface area (Å²) in [6.45, 7) is 16.6. The van der Waals surface area contributed by atoms with Crippen molar-refractivity contribution in [2.24, 2.45) is 0 Å². The summed E-state index contributed by atoms with van der Waals surface area (Å²) in [7, 11) is -1.72. The molecule has 0 saturated carbocycles. The number of ether oxygens (including phenoxy) is 1. The SMILES string of the molecule is C=CCC/C=C(/C=C(/OC)O[Si](C)(C)C)O[Si](C)(C)C. The van der Waals surface area contributed by atoms with Gasteiger partial charge in [0.05, 0.1) is 13.2 Å². The summed E-state index contributed by atoms with van der Waals surface area (Å²) in [4.78, 5) is 0. The smallest absolute Gasteiger partial charge is 0.268 e. The minimum Gasteiger partial charge on any atom is -0.544 e. The molecule has 0 heterocycles. The lowest BCUT2D eigenvalue weighted by Gasteiger charge is -2.23. The molecule has 0 radical (unpaired) electrons. The largest absolute Gasteiger partial charge is 0.544 e. The van der Waals surface area contributed by atoms with E-state index in [9.17, 15) is 0 Å². The molecule has 0 N–H and O–H groups in total. The number of hydrogen-bond acceptors (Lipinski definition) is 3. The first-order valence-corrected chi connectivity index (χ1v) is 13.8. The van der Waals surface area contributed by atoms with Crippen molar-refractivity contribution in [3.8, 4) is 0 Å². The molecule has 3 nitrogen and oxygen atoms in total. The Balaban J connectivity index is 5.08. The normalized spacial score (nSPS) is 13.9. The summed E-state index contributed by atoms with van der Waals surface area (Å²) in [5.74, 6) is 1.37. The van der Waals surface area contributed by atoms with E-state index in [1.54, 1.807) is 7.11 Å². The van der Waals surface area contributed by atoms with Crippen molar-refractivity contribution in [1.29, 1.82) is 0 Å². The third kappa shape index (κ3) is 10.9. The lowest BCUT2D eigenvalue weighted by atomic mass is 10.2. The van der Waals surface area contributed by atoms with Crippen LogP contribution < -0.4 is 0 Å². The van der Waals surface area contributed by atoms with Gasteiger partial charge in [-0.3, -0.25) is 0 Å². The maximum Gasteiger partial charge on any atom is 0.268 e. The molecule has 0 rings (SSSR count). The van der Waals surface area contributed by atoms with Crippen LogP contribution in [0, 0.1) is 0 Å². The van der Waals surface area contributed by atoms with Crippen LogP contribution in [0.5, 0.6) is 0 Å². The number of methoxy groups -OCH3 is 1. The van der Waals surface area contributed by atoms with Crippen molar-refractivity contribution in [2.75, 3.05) is 7.11 Å². The van der Waals surface area contributed by atoms with Crippen LogP contribution in [0.15, 0.2) is 36.5 Å². The zero-order chi connectivity index (χ0) is 15.8. The van der Waals surface area contributed by atoms with Crippen molar-refractivity contribution >= 4 is 16.6 Å². The Bertz CT molecular complexity index is 360. The van der Waals surface area contributed by atoms with E-state index in [4.69, 9.17) is 13.6 Å². The van der Waals surface area contributed by atoms with Crippen molar-refractivity contribution in [2.45, 2.75) is 52.1 Å². The van der Waals surface area contributed by atoms with Crippen molar-refractivity contribution in [3.63, 3.8) is 0 Å². The number of rotatable bonds is 9. The molecular weight excluding hydrogens is 284 g/mol. The van der Waals surface area contributed by atoms with Gasteiger partial charge in [0, 0.05) is 0 Å². The maximum atomic E-state index is 6.08. The molecule has 0 aliphatic carbocycles. The molecule has 0 atom stereocenters. The summed E-state index contributed by atoms with van der Waals surface area (Å²) in [6.07, 6.45) is 7.68. The van der Waals surface area contributed by atoms with Crippen LogP contribution in [-0.2, 0) is 13.6 Å². The van der Waals surface area contributed by atoms with Gasteiger partial charge in [0.1, 0.15) is 5.76 Å². The molecular formula is C15H30O3Si2. The van der Waals surface area contributed by atoms with Gasteiger partial charge in [0.25, 0.3) is 5.95 Å². The van der Waals surface area contributed by atoms with Gasteiger partial charge in [-0.15, -0.1) is 6.58 Å². The van der Waals surface area contributed by atoms with E-state index >= 15 is 0 Å². The number of hydrogen-bond donors (Lipinski definition) is 0. The van der Waals surface area contributed by atoms with Crippen molar-refractivity contribution in [3.05, 3.63) is 36.5 Å². The summed E-state index contributed by atoms with van der Waals surface area (Å²) >= 11 is 0. The molecule has 0 spiro atoms. The summed E-state index contributed by atoms with van der Waals surface area (Å²) in [6, 6.07) is 0. The van der Waals surface area contributed by atoms with E-state index < -0.39 is 16.6 Å². The molecule has 5 heteroatoms. The quantitative estimate of drug-likeness (QED) is 0.196. The second-order valence-corrected chi connectivity index (χ2v) is 15.4. The topological polar surface area (TPSA) is 27.7 Å². The van der Waals surface area contributed by atoms with Gasteiger partial charge in [-0.25, -0.2) is 0 Å². The average Bonchev–Trinajstić information content (AvgIpc) is 2.24. The molecule has 0 amide bonds. The Morgan fingerprint density at radius 3 is 1.90 bits per heavy atom. The first-order chi connectivity index (χ1) is 9.07. The van der Waals surface area contributed by atoms with Crippen LogP contribution in [0.25, 0.3) is 0 Å². The fourth-order valence-corrected chi connectivity index (χ4v) is 2.97. The Morgan fingerprint density at radius 1 is 0.950 bits per heavy atom. The predicted octanol–water partition coefficient (Wildman–Crippen LogP) is 5.03. The first-order valence-electron chi connectivity index (χ1n) is 7.02. The monoisotopic (exact) mass is 314 g/mol. The molecule has 0 aliphatic rings. The second kappa shape index (κ2) is 8.36.